The first kappa shape index (κ1) is 16.3. The molecule has 0 aliphatic heterocycles. The minimum Gasteiger partial charge on any atom is -0.451 e. The summed E-state index contributed by atoms with van der Waals surface area (Å²) in [6.45, 7) is 2.16. The average Bonchev–Trinajstić information content (AvgIpc) is 3.23. The second-order valence-electron chi connectivity index (χ2n) is 5.26. The van der Waals surface area contributed by atoms with E-state index in [1.54, 1.807) is 25.2 Å². The third-order valence-electron chi connectivity index (χ3n) is 3.49. The Balaban J connectivity index is 1.74. The fraction of sp³-hybridized carbons (Fsp3) is 0.235. The Hall–Kier alpha value is -2.60. The molecule has 0 radical (unpaired) electrons. The topological polar surface area (TPSA) is 72.4 Å². The molecule has 0 bridgehead atoms. The van der Waals surface area contributed by atoms with Gasteiger partial charge in [0.25, 0.3) is 5.91 Å². The summed E-state index contributed by atoms with van der Waals surface area (Å²) in [7, 11) is 1.65. The van der Waals surface area contributed by atoms with Gasteiger partial charge in [0.15, 0.2) is 11.6 Å². The first-order valence-corrected chi connectivity index (χ1v) is 7.88. The Kier molecular flexibility index (Phi) is 4.66. The summed E-state index contributed by atoms with van der Waals surface area (Å²) < 4.78 is 10.7. The normalized spacial score (nSPS) is 10.8. The molecule has 1 aromatic carbocycles. The second kappa shape index (κ2) is 6.88. The third-order valence-corrected chi connectivity index (χ3v) is 3.82. The van der Waals surface area contributed by atoms with Crippen molar-refractivity contribution in [3.8, 4) is 11.3 Å². The van der Waals surface area contributed by atoms with Crippen LogP contribution in [0, 0.1) is 0 Å². The molecule has 0 aliphatic carbocycles. The first-order chi connectivity index (χ1) is 11.6. The zero-order valence-corrected chi connectivity index (χ0v) is 14.1. The van der Waals surface area contributed by atoms with Crippen molar-refractivity contribution in [2.75, 3.05) is 7.05 Å². The predicted molar refractivity (Wildman–Crippen MR) is 88.6 cm³/mol. The summed E-state index contributed by atoms with van der Waals surface area (Å²) in [5, 5.41) is 4.41. The maximum Gasteiger partial charge on any atom is 0.289 e. The van der Waals surface area contributed by atoms with Gasteiger partial charge in [-0.3, -0.25) is 4.79 Å². The SMILES string of the molecule is CCc1nc(CN(C)C(=O)c2ccc(-c3ccccc3Cl)o2)no1. The summed E-state index contributed by atoms with van der Waals surface area (Å²) in [6.07, 6.45) is 0.657. The van der Waals surface area contributed by atoms with Gasteiger partial charge in [-0.15, -0.1) is 0 Å². The number of carbonyl (C=O) groups is 1. The molecule has 0 aliphatic rings. The van der Waals surface area contributed by atoms with Gasteiger partial charge in [0, 0.05) is 19.0 Å². The zero-order chi connectivity index (χ0) is 17.1. The molecule has 1 amide bonds. The molecule has 24 heavy (non-hydrogen) atoms. The van der Waals surface area contributed by atoms with Gasteiger partial charge in [-0.1, -0.05) is 35.8 Å². The summed E-state index contributed by atoms with van der Waals surface area (Å²) in [5.41, 5.74) is 0.742. The number of aromatic nitrogens is 2. The monoisotopic (exact) mass is 345 g/mol. The van der Waals surface area contributed by atoms with Crippen LogP contribution in [0.3, 0.4) is 0 Å². The van der Waals surface area contributed by atoms with Crippen molar-refractivity contribution in [1.29, 1.82) is 0 Å². The number of halogens is 1. The molecule has 3 aromatic rings. The van der Waals surface area contributed by atoms with E-state index >= 15 is 0 Å². The number of benzene rings is 1. The van der Waals surface area contributed by atoms with Crippen LogP contribution in [0.2, 0.25) is 5.02 Å². The molecule has 0 saturated carbocycles. The average molecular weight is 346 g/mol. The summed E-state index contributed by atoms with van der Waals surface area (Å²) in [6, 6.07) is 10.7. The van der Waals surface area contributed by atoms with Crippen LogP contribution in [0.1, 0.15) is 29.2 Å². The van der Waals surface area contributed by atoms with Gasteiger partial charge in [-0.05, 0) is 24.3 Å². The molecular formula is C17H16ClN3O3. The highest BCUT2D eigenvalue weighted by atomic mass is 35.5. The van der Waals surface area contributed by atoms with E-state index in [1.165, 1.54) is 4.90 Å². The standard InChI is InChI=1S/C17H16ClN3O3/c1-3-16-19-15(20-24-16)10-21(2)17(22)14-9-8-13(23-14)11-6-4-5-7-12(11)18/h4-9H,3,10H2,1-2H3. The van der Waals surface area contributed by atoms with Gasteiger partial charge in [0.1, 0.15) is 5.76 Å². The van der Waals surface area contributed by atoms with Crippen LogP contribution >= 0.6 is 11.6 Å². The molecule has 124 valence electrons. The number of nitrogens with zero attached hydrogens (tertiary/aromatic N) is 3. The van der Waals surface area contributed by atoms with Crippen molar-refractivity contribution in [3.05, 3.63) is 58.9 Å². The summed E-state index contributed by atoms with van der Waals surface area (Å²) in [5.74, 6) is 1.51. The minimum absolute atomic E-state index is 0.228. The number of hydrogen-bond acceptors (Lipinski definition) is 5. The van der Waals surface area contributed by atoms with E-state index in [9.17, 15) is 4.79 Å². The molecule has 0 saturated heterocycles. The van der Waals surface area contributed by atoms with E-state index in [-0.39, 0.29) is 18.2 Å². The van der Waals surface area contributed by atoms with Crippen LogP contribution in [-0.4, -0.2) is 28.0 Å². The van der Waals surface area contributed by atoms with Crippen molar-refractivity contribution >= 4 is 17.5 Å². The summed E-state index contributed by atoms with van der Waals surface area (Å²) in [4.78, 5) is 18.1. The zero-order valence-electron chi connectivity index (χ0n) is 13.3. The van der Waals surface area contributed by atoms with E-state index in [0.717, 1.165) is 5.56 Å². The van der Waals surface area contributed by atoms with Gasteiger partial charge >= 0.3 is 0 Å². The Morgan fingerprint density at radius 3 is 2.75 bits per heavy atom. The maximum atomic E-state index is 12.5. The molecule has 0 spiro atoms. The van der Waals surface area contributed by atoms with Crippen LogP contribution in [-0.2, 0) is 13.0 Å². The molecule has 2 aromatic heterocycles. The van der Waals surface area contributed by atoms with E-state index in [1.807, 2.05) is 25.1 Å². The lowest BCUT2D eigenvalue weighted by Crippen LogP contribution is -2.26. The highest BCUT2D eigenvalue weighted by molar-refractivity contribution is 6.33. The molecule has 0 N–H and O–H groups in total. The quantitative estimate of drug-likeness (QED) is 0.703. The number of carbonyl (C=O) groups excluding carboxylic acids is 1. The van der Waals surface area contributed by atoms with Crippen LogP contribution in [0.25, 0.3) is 11.3 Å². The molecule has 0 fully saturated rings. The fourth-order valence-corrected chi connectivity index (χ4v) is 2.46. The van der Waals surface area contributed by atoms with Gasteiger partial charge in [-0.25, -0.2) is 0 Å². The van der Waals surface area contributed by atoms with Crippen LogP contribution in [0.5, 0.6) is 0 Å². The van der Waals surface area contributed by atoms with E-state index in [2.05, 4.69) is 10.1 Å². The molecular weight excluding hydrogens is 330 g/mol. The predicted octanol–water partition coefficient (Wildman–Crippen LogP) is 3.82. The lowest BCUT2D eigenvalue weighted by molar-refractivity contribution is 0.0750. The second-order valence-corrected chi connectivity index (χ2v) is 5.67. The van der Waals surface area contributed by atoms with Crippen molar-refractivity contribution in [1.82, 2.24) is 15.0 Å². The molecule has 2 heterocycles. The Bertz CT molecular complexity index is 856. The largest absolute Gasteiger partial charge is 0.451 e. The fourth-order valence-electron chi connectivity index (χ4n) is 2.23. The van der Waals surface area contributed by atoms with Gasteiger partial charge in [-0.2, -0.15) is 4.98 Å². The lowest BCUT2D eigenvalue weighted by Gasteiger charge is -2.12. The van der Waals surface area contributed by atoms with E-state index in [4.69, 9.17) is 20.5 Å². The molecule has 3 rings (SSSR count). The van der Waals surface area contributed by atoms with Crippen molar-refractivity contribution in [2.45, 2.75) is 19.9 Å². The number of rotatable bonds is 5. The van der Waals surface area contributed by atoms with Crippen molar-refractivity contribution in [3.63, 3.8) is 0 Å². The number of aryl methyl sites for hydroxylation is 1. The number of hydrogen-bond donors (Lipinski definition) is 0. The third kappa shape index (κ3) is 3.33. The maximum absolute atomic E-state index is 12.5. The van der Waals surface area contributed by atoms with Gasteiger partial charge < -0.3 is 13.8 Å². The highest BCUT2D eigenvalue weighted by Gasteiger charge is 2.19. The van der Waals surface area contributed by atoms with E-state index < -0.39 is 0 Å². The Morgan fingerprint density at radius 1 is 1.25 bits per heavy atom. The van der Waals surface area contributed by atoms with Gasteiger partial charge in [0.05, 0.1) is 11.6 Å². The van der Waals surface area contributed by atoms with Crippen LogP contribution in [0.15, 0.2) is 45.3 Å². The van der Waals surface area contributed by atoms with Crippen molar-refractivity contribution in [2.24, 2.45) is 0 Å². The number of amides is 1. The van der Waals surface area contributed by atoms with Crippen LogP contribution in [0.4, 0.5) is 0 Å². The van der Waals surface area contributed by atoms with Crippen LogP contribution < -0.4 is 0 Å². The molecule has 0 unspecified atom stereocenters. The number of furan rings is 1. The van der Waals surface area contributed by atoms with Gasteiger partial charge in [0.2, 0.25) is 5.89 Å². The molecule has 0 atom stereocenters. The molecule has 7 heteroatoms. The highest BCUT2D eigenvalue weighted by Crippen LogP contribution is 2.29. The van der Waals surface area contributed by atoms with Crippen molar-refractivity contribution < 1.29 is 13.7 Å². The Labute approximate surface area is 144 Å². The summed E-state index contributed by atoms with van der Waals surface area (Å²) >= 11 is 6.15. The first-order valence-electron chi connectivity index (χ1n) is 7.50. The smallest absolute Gasteiger partial charge is 0.289 e. The van der Waals surface area contributed by atoms with E-state index in [0.29, 0.717) is 28.9 Å². The Morgan fingerprint density at radius 2 is 2.04 bits per heavy atom. The minimum atomic E-state index is -0.267. The lowest BCUT2D eigenvalue weighted by atomic mass is 10.2. The molecule has 6 nitrogen and oxygen atoms in total.